The number of hydrogen-bond acceptors (Lipinski definition) is 6. The molecule has 166 valence electrons. The maximum absolute atomic E-state index is 12.6. The summed E-state index contributed by atoms with van der Waals surface area (Å²) < 4.78 is 70.3. The minimum Gasteiger partial charge on any atom is -0.450 e. The van der Waals surface area contributed by atoms with Crippen LogP contribution in [0.5, 0.6) is 0 Å². The van der Waals surface area contributed by atoms with Gasteiger partial charge in [-0.3, -0.25) is 0 Å². The molecule has 1 saturated carbocycles. The molecule has 0 amide bonds. The van der Waals surface area contributed by atoms with E-state index in [-0.39, 0.29) is 26.8 Å². The lowest BCUT2D eigenvalue weighted by atomic mass is 10.1. The van der Waals surface area contributed by atoms with Gasteiger partial charge in [0, 0.05) is 18.0 Å². The number of aromatic nitrogens is 1. The van der Waals surface area contributed by atoms with Gasteiger partial charge >= 0.3 is 12.3 Å². The summed E-state index contributed by atoms with van der Waals surface area (Å²) in [6.45, 7) is 0. The first-order valence-corrected chi connectivity index (χ1v) is 10.9. The lowest BCUT2D eigenvalue weighted by Gasteiger charge is -2.04. The maximum Gasteiger partial charge on any atom is 0.503 e. The molecule has 0 spiro atoms. The molecular weight excluding hydrogens is 461 g/mol. The zero-order chi connectivity index (χ0) is 22.8. The highest BCUT2D eigenvalue weighted by Gasteiger charge is 2.41. The zero-order valence-corrected chi connectivity index (χ0v) is 17.0. The SMILES string of the molecule is O=C(O)O.O=S(=O)(N[C@H]1C[C@@H]1c1ccccc1)c1ccc(-c2cc(C(F)(F)F)no2)s1. The Morgan fingerprint density at radius 2 is 1.81 bits per heavy atom. The first-order chi connectivity index (χ1) is 14.5. The van der Waals surface area contributed by atoms with Gasteiger partial charge in [0.25, 0.3) is 0 Å². The molecule has 0 aliphatic heterocycles. The predicted molar refractivity (Wildman–Crippen MR) is 103 cm³/mol. The molecule has 0 bridgehead atoms. The molecule has 1 fully saturated rings. The highest BCUT2D eigenvalue weighted by molar-refractivity contribution is 7.91. The smallest absolute Gasteiger partial charge is 0.450 e. The second-order valence-corrected chi connectivity index (χ2v) is 9.48. The first-order valence-electron chi connectivity index (χ1n) is 8.60. The number of benzene rings is 1. The predicted octanol–water partition coefficient (Wildman–Crippen LogP) is 4.48. The molecule has 2 heterocycles. The van der Waals surface area contributed by atoms with Crippen LogP contribution >= 0.6 is 11.3 Å². The molecule has 0 saturated heterocycles. The third kappa shape index (κ3) is 5.83. The van der Waals surface area contributed by atoms with Gasteiger partial charge in [-0.25, -0.2) is 17.9 Å². The average Bonchev–Trinajstić information content (AvgIpc) is 3.10. The summed E-state index contributed by atoms with van der Waals surface area (Å²) in [6.07, 6.45) is -5.74. The van der Waals surface area contributed by atoms with E-state index in [1.807, 2.05) is 30.3 Å². The van der Waals surface area contributed by atoms with Crippen LogP contribution in [-0.2, 0) is 16.2 Å². The van der Waals surface area contributed by atoms with Crippen molar-refractivity contribution in [3.63, 3.8) is 0 Å². The Morgan fingerprint density at radius 3 is 2.39 bits per heavy atom. The normalized spacial score (nSPS) is 18.2. The molecular formula is C18H15F3N2O6S2. The van der Waals surface area contributed by atoms with Crippen molar-refractivity contribution in [2.24, 2.45) is 0 Å². The van der Waals surface area contributed by atoms with Crippen LogP contribution in [0, 0.1) is 0 Å². The summed E-state index contributed by atoms with van der Waals surface area (Å²) in [5.41, 5.74) is -0.0875. The highest BCUT2D eigenvalue weighted by atomic mass is 32.2. The largest absolute Gasteiger partial charge is 0.503 e. The van der Waals surface area contributed by atoms with E-state index in [1.54, 1.807) is 0 Å². The van der Waals surface area contributed by atoms with Crippen molar-refractivity contribution in [2.45, 2.75) is 28.8 Å². The van der Waals surface area contributed by atoms with Gasteiger partial charge in [0.2, 0.25) is 10.0 Å². The lowest BCUT2D eigenvalue weighted by molar-refractivity contribution is -0.142. The van der Waals surface area contributed by atoms with Gasteiger partial charge in [-0.1, -0.05) is 35.5 Å². The fraction of sp³-hybridized carbons (Fsp3) is 0.222. The Balaban J connectivity index is 0.000000628. The molecule has 2 atom stereocenters. The van der Waals surface area contributed by atoms with Crippen LogP contribution in [0.4, 0.5) is 18.0 Å². The number of thiophene rings is 1. The van der Waals surface area contributed by atoms with E-state index in [1.165, 1.54) is 12.1 Å². The van der Waals surface area contributed by atoms with E-state index in [0.29, 0.717) is 6.42 Å². The number of carboxylic acid groups (broad SMARTS) is 2. The number of sulfonamides is 1. The molecule has 1 aromatic carbocycles. The summed E-state index contributed by atoms with van der Waals surface area (Å²) in [5.74, 6) is 0.00591. The van der Waals surface area contributed by atoms with Gasteiger partial charge in [-0.05, 0) is 24.1 Å². The van der Waals surface area contributed by atoms with Crippen LogP contribution in [-0.4, -0.2) is 36.0 Å². The van der Waals surface area contributed by atoms with Gasteiger partial charge in [0.05, 0.1) is 4.88 Å². The minimum atomic E-state index is -4.62. The quantitative estimate of drug-likeness (QED) is 0.495. The fourth-order valence-corrected chi connectivity index (χ4v) is 5.33. The third-order valence-corrected chi connectivity index (χ3v) is 7.30. The Bertz CT molecular complexity index is 1150. The molecule has 1 aliphatic carbocycles. The Kier molecular flexibility index (Phi) is 6.38. The lowest BCUT2D eigenvalue weighted by Crippen LogP contribution is -2.26. The summed E-state index contributed by atoms with van der Waals surface area (Å²) in [5, 5.41) is 16.9. The molecule has 2 aromatic heterocycles. The average molecular weight is 476 g/mol. The van der Waals surface area contributed by atoms with E-state index in [2.05, 4.69) is 9.88 Å². The second kappa shape index (κ2) is 8.69. The van der Waals surface area contributed by atoms with Crippen LogP contribution in [0.1, 0.15) is 23.6 Å². The second-order valence-electron chi connectivity index (χ2n) is 6.46. The molecule has 1 aliphatic rings. The summed E-state index contributed by atoms with van der Waals surface area (Å²) in [4.78, 5) is 8.81. The van der Waals surface area contributed by atoms with Crippen molar-refractivity contribution in [3.05, 3.63) is 59.8 Å². The number of halogens is 3. The molecule has 4 rings (SSSR count). The van der Waals surface area contributed by atoms with Crippen LogP contribution in [0.3, 0.4) is 0 Å². The fourth-order valence-electron chi connectivity index (χ4n) is 2.77. The number of nitrogens with zero attached hydrogens (tertiary/aromatic N) is 1. The Morgan fingerprint density at radius 1 is 1.16 bits per heavy atom. The number of carbonyl (C=O) groups is 1. The monoisotopic (exact) mass is 476 g/mol. The summed E-state index contributed by atoms with van der Waals surface area (Å²) in [6, 6.07) is 12.9. The minimum absolute atomic E-state index is 0.0150. The summed E-state index contributed by atoms with van der Waals surface area (Å²) in [7, 11) is -3.76. The van der Waals surface area contributed by atoms with E-state index >= 15 is 0 Å². The molecule has 0 unspecified atom stereocenters. The molecule has 31 heavy (non-hydrogen) atoms. The van der Waals surface area contributed by atoms with E-state index in [4.69, 9.17) is 19.5 Å². The molecule has 0 radical (unpaired) electrons. The van der Waals surface area contributed by atoms with Crippen LogP contribution < -0.4 is 4.72 Å². The van der Waals surface area contributed by atoms with Crippen molar-refractivity contribution in [1.29, 1.82) is 0 Å². The zero-order valence-electron chi connectivity index (χ0n) is 15.4. The van der Waals surface area contributed by atoms with Crippen molar-refractivity contribution in [3.8, 4) is 10.6 Å². The number of alkyl halides is 3. The van der Waals surface area contributed by atoms with Gasteiger partial charge < -0.3 is 14.7 Å². The maximum atomic E-state index is 12.6. The van der Waals surface area contributed by atoms with Crippen LogP contribution in [0.15, 0.2) is 57.3 Å². The first kappa shape index (κ1) is 22.8. The van der Waals surface area contributed by atoms with Gasteiger partial charge in [0.1, 0.15) is 4.21 Å². The van der Waals surface area contributed by atoms with Crippen LogP contribution in [0.25, 0.3) is 10.6 Å². The van der Waals surface area contributed by atoms with Gasteiger partial charge in [0.15, 0.2) is 11.5 Å². The standard InChI is InChI=1S/C17H13F3N2O3S2.CH2O3/c18-17(19,20)15-9-13(25-21-15)14-6-7-16(26-14)27(23,24)22-12-8-11(12)10-4-2-1-3-5-10;2-1(3)4/h1-7,9,11-12,22H,8H2;(H2,2,3,4)/t11-,12+;/m1./s1. The molecule has 3 N–H and O–H groups in total. The Labute approximate surface area is 178 Å². The number of hydrogen-bond donors (Lipinski definition) is 3. The van der Waals surface area contributed by atoms with E-state index in [0.717, 1.165) is 23.0 Å². The topological polar surface area (TPSA) is 130 Å². The van der Waals surface area contributed by atoms with Crippen molar-refractivity contribution >= 4 is 27.5 Å². The van der Waals surface area contributed by atoms with Crippen molar-refractivity contribution in [1.82, 2.24) is 9.88 Å². The molecule has 13 heteroatoms. The van der Waals surface area contributed by atoms with Crippen LogP contribution in [0.2, 0.25) is 0 Å². The van der Waals surface area contributed by atoms with E-state index < -0.39 is 28.0 Å². The van der Waals surface area contributed by atoms with Crippen molar-refractivity contribution in [2.75, 3.05) is 0 Å². The molecule has 8 nitrogen and oxygen atoms in total. The Hall–Kier alpha value is -2.90. The number of rotatable bonds is 5. The van der Waals surface area contributed by atoms with Gasteiger partial charge in [-0.15, -0.1) is 11.3 Å². The van der Waals surface area contributed by atoms with E-state index in [9.17, 15) is 21.6 Å². The van der Waals surface area contributed by atoms with Gasteiger partial charge in [-0.2, -0.15) is 13.2 Å². The summed E-state index contributed by atoms with van der Waals surface area (Å²) >= 11 is 0.832. The third-order valence-electron chi connectivity index (χ3n) is 4.21. The highest BCUT2D eigenvalue weighted by Crippen LogP contribution is 2.42. The van der Waals surface area contributed by atoms with Crippen molar-refractivity contribution < 1.29 is 41.1 Å². The molecule has 3 aromatic rings. The number of nitrogens with one attached hydrogen (secondary N) is 1.